The Bertz CT molecular complexity index is 409. The van der Waals surface area contributed by atoms with Gasteiger partial charge >= 0.3 is 0 Å². The topological polar surface area (TPSA) is 55.1 Å². The van der Waals surface area contributed by atoms with E-state index in [9.17, 15) is 4.79 Å². The Balaban J connectivity index is 2.88. The van der Waals surface area contributed by atoms with Gasteiger partial charge in [0, 0.05) is 12.2 Å². The minimum absolute atomic E-state index is 0.00514. The molecule has 0 aromatic heterocycles. The predicted octanol–water partition coefficient (Wildman–Crippen LogP) is 2.62. The normalized spacial score (nSPS) is 14.2. The predicted molar refractivity (Wildman–Crippen MR) is 72.0 cm³/mol. The highest BCUT2D eigenvalue weighted by molar-refractivity contribution is 5.95. The molecular weight excluding hydrogens is 212 g/mol. The minimum Gasteiger partial charge on any atom is -0.329 e. The first-order valence-electron chi connectivity index (χ1n) is 6.01. The summed E-state index contributed by atoms with van der Waals surface area (Å²) in [4.78, 5) is 12.1. The monoisotopic (exact) mass is 234 g/mol. The van der Waals surface area contributed by atoms with Crippen molar-refractivity contribution < 1.29 is 4.79 Å². The molecule has 0 spiro atoms. The van der Waals surface area contributed by atoms with Crippen LogP contribution in [-0.4, -0.2) is 12.5 Å². The standard InChI is InChI=1S/C14H22N2O/c1-5-14(4,9-15)13(17)16-12-7-6-10(2)8-11(12)3/h6-8H,5,9,15H2,1-4H3,(H,16,17). The van der Waals surface area contributed by atoms with Crippen LogP contribution in [-0.2, 0) is 4.79 Å². The first kappa shape index (κ1) is 13.7. The average Bonchev–Trinajstić information content (AvgIpc) is 2.31. The lowest BCUT2D eigenvalue weighted by molar-refractivity contribution is -0.124. The minimum atomic E-state index is -0.489. The summed E-state index contributed by atoms with van der Waals surface area (Å²) >= 11 is 0. The fourth-order valence-electron chi connectivity index (χ4n) is 1.62. The Morgan fingerprint density at radius 1 is 1.41 bits per heavy atom. The summed E-state index contributed by atoms with van der Waals surface area (Å²) in [7, 11) is 0. The zero-order valence-electron chi connectivity index (χ0n) is 11.1. The molecule has 3 heteroatoms. The number of hydrogen-bond acceptors (Lipinski definition) is 2. The first-order valence-corrected chi connectivity index (χ1v) is 6.01. The van der Waals surface area contributed by atoms with Crippen molar-refractivity contribution in [2.75, 3.05) is 11.9 Å². The van der Waals surface area contributed by atoms with Crippen molar-refractivity contribution in [3.05, 3.63) is 29.3 Å². The molecular formula is C14H22N2O. The second kappa shape index (κ2) is 5.32. The molecule has 1 aromatic rings. The van der Waals surface area contributed by atoms with Crippen molar-refractivity contribution in [3.8, 4) is 0 Å². The summed E-state index contributed by atoms with van der Waals surface area (Å²) in [5, 5.41) is 2.96. The smallest absolute Gasteiger partial charge is 0.231 e. The molecule has 17 heavy (non-hydrogen) atoms. The van der Waals surface area contributed by atoms with E-state index in [1.54, 1.807) is 0 Å². The average molecular weight is 234 g/mol. The second-order valence-electron chi connectivity index (χ2n) is 4.89. The van der Waals surface area contributed by atoms with Gasteiger partial charge in [-0.05, 0) is 38.8 Å². The van der Waals surface area contributed by atoms with Crippen LogP contribution >= 0.6 is 0 Å². The van der Waals surface area contributed by atoms with E-state index in [4.69, 9.17) is 5.73 Å². The van der Waals surface area contributed by atoms with Crippen molar-refractivity contribution in [1.82, 2.24) is 0 Å². The largest absolute Gasteiger partial charge is 0.329 e. The molecule has 0 aliphatic rings. The molecule has 94 valence electrons. The van der Waals surface area contributed by atoms with Crippen LogP contribution in [0.4, 0.5) is 5.69 Å². The molecule has 0 aliphatic heterocycles. The third-order valence-electron chi connectivity index (χ3n) is 3.41. The zero-order chi connectivity index (χ0) is 13.1. The molecule has 1 aromatic carbocycles. The molecule has 3 N–H and O–H groups in total. The molecule has 0 fully saturated rings. The van der Waals surface area contributed by atoms with Gasteiger partial charge < -0.3 is 11.1 Å². The van der Waals surface area contributed by atoms with Crippen molar-refractivity contribution in [2.45, 2.75) is 34.1 Å². The van der Waals surface area contributed by atoms with Crippen LogP contribution in [0.25, 0.3) is 0 Å². The summed E-state index contributed by atoms with van der Waals surface area (Å²) in [6.07, 6.45) is 0.736. The molecule has 0 heterocycles. The Hall–Kier alpha value is -1.35. The van der Waals surface area contributed by atoms with Gasteiger partial charge in [-0.25, -0.2) is 0 Å². The SMILES string of the molecule is CCC(C)(CN)C(=O)Nc1ccc(C)cc1C. The number of rotatable bonds is 4. The molecule has 0 aliphatic carbocycles. The van der Waals surface area contributed by atoms with Crippen molar-refractivity contribution >= 4 is 11.6 Å². The van der Waals surface area contributed by atoms with E-state index in [2.05, 4.69) is 11.4 Å². The first-order chi connectivity index (χ1) is 7.92. The summed E-state index contributed by atoms with van der Waals surface area (Å²) < 4.78 is 0. The van der Waals surface area contributed by atoms with Gasteiger partial charge in [0.1, 0.15) is 0 Å². The van der Waals surface area contributed by atoms with Gasteiger partial charge in [0.15, 0.2) is 0 Å². The van der Waals surface area contributed by atoms with Crippen molar-refractivity contribution in [2.24, 2.45) is 11.1 Å². The molecule has 1 atom stereocenters. The molecule has 0 saturated heterocycles. The van der Waals surface area contributed by atoms with Gasteiger partial charge in [-0.15, -0.1) is 0 Å². The zero-order valence-corrected chi connectivity index (χ0v) is 11.1. The summed E-state index contributed by atoms with van der Waals surface area (Å²) in [6, 6.07) is 5.99. The Kier molecular flexibility index (Phi) is 4.29. The number of nitrogens with two attached hydrogens (primary N) is 1. The van der Waals surface area contributed by atoms with Gasteiger partial charge in [0.25, 0.3) is 0 Å². The van der Waals surface area contributed by atoms with Crippen LogP contribution in [0, 0.1) is 19.3 Å². The Morgan fingerprint density at radius 3 is 2.53 bits per heavy atom. The van der Waals surface area contributed by atoms with E-state index in [1.165, 1.54) is 5.56 Å². The highest BCUT2D eigenvalue weighted by Crippen LogP contribution is 2.23. The number of hydrogen-bond donors (Lipinski definition) is 2. The van der Waals surface area contributed by atoms with Gasteiger partial charge in [0.2, 0.25) is 5.91 Å². The molecule has 1 amide bonds. The van der Waals surface area contributed by atoms with Gasteiger partial charge in [-0.2, -0.15) is 0 Å². The van der Waals surface area contributed by atoms with Crippen LogP contribution in [0.1, 0.15) is 31.4 Å². The van der Waals surface area contributed by atoms with Crippen molar-refractivity contribution in [1.29, 1.82) is 0 Å². The number of aryl methyl sites for hydroxylation is 2. The number of carbonyl (C=O) groups excluding carboxylic acids is 1. The Labute approximate surface area is 103 Å². The van der Waals surface area contributed by atoms with Crippen LogP contribution in [0.3, 0.4) is 0 Å². The highest BCUT2D eigenvalue weighted by atomic mass is 16.2. The number of nitrogens with one attached hydrogen (secondary N) is 1. The van der Waals surface area contributed by atoms with E-state index in [-0.39, 0.29) is 5.91 Å². The number of anilines is 1. The van der Waals surface area contributed by atoms with Gasteiger partial charge in [0.05, 0.1) is 5.41 Å². The van der Waals surface area contributed by atoms with E-state index in [0.717, 1.165) is 17.7 Å². The number of carbonyl (C=O) groups is 1. The van der Waals surface area contributed by atoms with Crippen LogP contribution in [0.15, 0.2) is 18.2 Å². The third-order valence-corrected chi connectivity index (χ3v) is 3.41. The lowest BCUT2D eigenvalue weighted by atomic mass is 9.86. The third kappa shape index (κ3) is 3.07. The van der Waals surface area contributed by atoms with Crippen LogP contribution in [0.5, 0.6) is 0 Å². The number of amides is 1. The van der Waals surface area contributed by atoms with E-state index in [0.29, 0.717) is 6.54 Å². The number of benzene rings is 1. The molecule has 0 bridgehead atoms. The van der Waals surface area contributed by atoms with Gasteiger partial charge in [-0.3, -0.25) is 4.79 Å². The van der Waals surface area contributed by atoms with Crippen LogP contribution < -0.4 is 11.1 Å². The lowest BCUT2D eigenvalue weighted by Gasteiger charge is -2.25. The lowest BCUT2D eigenvalue weighted by Crippen LogP contribution is -2.39. The molecule has 1 rings (SSSR count). The molecule has 3 nitrogen and oxygen atoms in total. The fraction of sp³-hybridized carbons (Fsp3) is 0.500. The quantitative estimate of drug-likeness (QED) is 0.841. The van der Waals surface area contributed by atoms with Crippen molar-refractivity contribution in [3.63, 3.8) is 0 Å². The maximum atomic E-state index is 12.1. The molecule has 0 radical (unpaired) electrons. The maximum absolute atomic E-state index is 12.1. The summed E-state index contributed by atoms with van der Waals surface area (Å²) in [5.74, 6) is -0.00514. The molecule has 1 unspecified atom stereocenters. The summed E-state index contributed by atoms with van der Waals surface area (Å²) in [6.45, 7) is 8.27. The maximum Gasteiger partial charge on any atom is 0.231 e. The van der Waals surface area contributed by atoms with E-state index >= 15 is 0 Å². The molecule has 0 saturated carbocycles. The van der Waals surface area contributed by atoms with Gasteiger partial charge in [-0.1, -0.05) is 24.6 Å². The van der Waals surface area contributed by atoms with Crippen LogP contribution in [0.2, 0.25) is 0 Å². The summed E-state index contributed by atoms with van der Waals surface area (Å²) in [5.41, 5.74) is 8.32. The highest BCUT2D eigenvalue weighted by Gasteiger charge is 2.29. The van der Waals surface area contributed by atoms with E-state index in [1.807, 2.05) is 39.8 Å². The van der Waals surface area contributed by atoms with E-state index < -0.39 is 5.41 Å². The second-order valence-corrected chi connectivity index (χ2v) is 4.89. The fourth-order valence-corrected chi connectivity index (χ4v) is 1.62. The Morgan fingerprint density at radius 2 is 2.06 bits per heavy atom.